The largest absolute Gasteiger partial charge is 0.379 e. The predicted molar refractivity (Wildman–Crippen MR) is 88.6 cm³/mol. The van der Waals surface area contributed by atoms with Gasteiger partial charge < -0.3 is 10.1 Å². The number of ether oxygens (including phenoxy) is 1. The van der Waals surface area contributed by atoms with Crippen LogP contribution in [0.3, 0.4) is 0 Å². The number of hydrogen-bond donors (Lipinski definition) is 1. The first-order chi connectivity index (χ1) is 9.89. The highest BCUT2D eigenvalue weighted by Crippen LogP contribution is 2.36. The van der Waals surface area contributed by atoms with Gasteiger partial charge in [-0.2, -0.15) is 5.10 Å². The molecule has 0 bridgehead atoms. The van der Waals surface area contributed by atoms with E-state index < -0.39 is 0 Å². The van der Waals surface area contributed by atoms with Gasteiger partial charge in [0.1, 0.15) is 0 Å². The Kier molecular flexibility index (Phi) is 5.46. The second-order valence-corrected chi connectivity index (χ2v) is 7.25. The van der Waals surface area contributed by atoms with Crippen molar-refractivity contribution >= 4 is 15.9 Å². The van der Waals surface area contributed by atoms with Gasteiger partial charge in [0.05, 0.1) is 35.6 Å². The van der Waals surface area contributed by atoms with E-state index in [0.717, 1.165) is 30.8 Å². The molecule has 2 heterocycles. The number of hydrogen-bond acceptors (Lipinski definition) is 4. The molecule has 1 fully saturated rings. The van der Waals surface area contributed by atoms with Gasteiger partial charge in [0.15, 0.2) is 0 Å². The fraction of sp³-hybridized carbons (Fsp3) is 0.800. The molecule has 1 saturated heterocycles. The van der Waals surface area contributed by atoms with Crippen molar-refractivity contribution in [2.24, 2.45) is 0 Å². The maximum atomic E-state index is 5.50. The topological polar surface area (TPSA) is 42.3 Å². The Bertz CT molecular complexity index is 466. The predicted octanol–water partition coefficient (Wildman–Crippen LogP) is 2.60. The van der Waals surface area contributed by atoms with Crippen LogP contribution in [0.2, 0.25) is 0 Å². The van der Waals surface area contributed by atoms with Crippen LogP contribution < -0.4 is 5.32 Å². The summed E-state index contributed by atoms with van der Waals surface area (Å²) in [5.74, 6) is 0. The van der Waals surface area contributed by atoms with Crippen LogP contribution in [-0.4, -0.2) is 53.6 Å². The van der Waals surface area contributed by atoms with Crippen LogP contribution in [-0.2, 0) is 4.74 Å². The van der Waals surface area contributed by atoms with Gasteiger partial charge >= 0.3 is 0 Å². The molecule has 1 unspecified atom stereocenters. The van der Waals surface area contributed by atoms with E-state index in [-0.39, 0.29) is 11.6 Å². The zero-order valence-corrected chi connectivity index (χ0v) is 15.3. The maximum absolute atomic E-state index is 5.50. The van der Waals surface area contributed by atoms with E-state index in [0.29, 0.717) is 6.04 Å². The number of rotatable bonds is 5. The van der Waals surface area contributed by atoms with Gasteiger partial charge in [0, 0.05) is 24.7 Å². The molecule has 1 aliphatic rings. The fourth-order valence-corrected chi connectivity index (χ4v) is 3.68. The first-order valence-electron chi connectivity index (χ1n) is 7.62. The van der Waals surface area contributed by atoms with Gasteiger partial charge in [-0.3, -0.25) is 9.58 Å². The zero-order valence-electron chi connectivity index (χ0n) is 13.7. The van der Waals surface area contributed by atoms with Crippen LogP contribution in [0.1, 0.15) is 45.5 Å². The fourth-order valence-electron chi connectivity index (χ4n) is 3.18. The second kappa shape index (κ2) is 6.77. The second-order valence-electron chi connectivity index (χ2n) is 6.39. The summed E-state index contributed by atoms with van der Waals surface area (Å²) in [5.41, 5.74) is 1.19. The van der Waals surface area contributed by atoms with E-state index in [1.807, 2.05) is 13.2 Å². The quantitative estimate of drug-likeness (QED) is 0.878. The van der Waals surface area contributed by atoms with Crippen molar-refractivity contribution in [1.29, 1.82) is 0 Å². The van der Waals surface area contributed by atoms with Crippen molar-refractivity contribution in [1.82, 2.24) is 20.0 Å². The molecule has 2 rings (SSSR count). The molecule has 0 amide bonds. The van der Waals surface area contributed by atoms with Crippen LogP contribution in [0, 0.1) is 0 Å². The average Bonchev–Trinajstić information content (AvgIpc) is 2.83. The summed E-state index contributed by atoms with van der Waals surface area (Å²) >= 11 is 3.68. The Balaban J connectivity index is 2.36. The zero-order chi connectivity index (χ0) is 15.6. The van der Waals surface area contributed by atoms with Gasteiger partial charge in [-0.15, -0.1) is 0 Å². The van der Waals surface area contributed by atoms with Crippen LogP contribution in [0.25, 0.3) is 0 Å². The van der Waals surface area contributed by atoms with E-state index in [1.54, 1.807) is 0 Å². The van der Waals surface area contributed by atoms with Crippen molar-refractivity contribution in [3.63, 3.8) is 0 Å². The van der Waals surface area contributed by atoms with Gasteiger partial charge in [0.25, 0.3) is 0 Å². The highest BCUT2D eigenvalue weighted by atomic mass is 79.9. The lowest BCUT2D eigenvalue weighted by Gasteiger charge is -2.46. The molecule has 5 nitrogen and oxygen atoms in total. The highest BCUT2D eigenvalue weighted by Gasteiger charge is 2.39. The minimum atomic E-state index is -0.0201. The van der Waals surface area contributed by atoms with E-state index in [9.17, 15) is 0 Å². The van der Waals surface area contributed by atoms with Crippen LogP contribution >= 0.6 is 15.9 Å². The molecule has 21 heavy (non-hydrogen) atoms. The van der Waals surface area contributed by atoms with Crippen molar-refractivity contribution in [2.75, 3.05) is 33.4 Å². The first kappa shape index (κ1) is 16.9. The molecule has 6 heteroatoms. The summed E-state index contributed by atoms with van der Waals surface area (Å²) in [6.45, 7) is 12.5. The third-order valence-corrected chi connectivity index (χ3v) is 4.98. The number of morpholine rings is 1. The standard InChI is InChI=1S/C15H27BrN4O/c1-11(2)20-13(12(16)10-18-20)14(17-5)15(3,4)19-6-8-21-9-7-19/h10-11,14,17H,6-9H2,1-5H3. The molecule has 1 atom stereocenters. The normalized spacial score (nSPS) is 19.2. The van der Waals surface area contributed by atoms with Gasteiger partial charge in [-0.25, -0.2) is 0 Å². The molecular weight excluding hydrogens is 332 g/mol. The van der Waals surface area contributed by atoms with Gasteiger partial charge in [-0.05, 0) is 50.7 Å². The lowest BCUT2D eigenvalue weighted by Crippen LogP contribution is -2.56. The summed E-state index contributed by atoms with van der Waals surface area (Å²) in [5, 5.41) is 8.03. The maximum Gasteiger partial charge on any atom is 0.0717 e. The van der Waals surface area contributed by atoms with Crippen molar-refractivity contribution in [3.05, 3.63) is 16.4 Å². The molecule has 0 spiro atoms. The molecule has 0 saturated carbocycles. The number of halogens is 1. The summed E-state index contributed by atoms with van der Waals surface area (Å²) in [4.78, 5) is 2.50. The van der Waals surface area contributed by atoms with Crippen molar-refractivity contribution < 1.29 is 4.74 Å². The molecule has 0 aromatic carbocycles. The van der Waals surface area contributed by atoms with E-state index in [2.05, 4.69) is 63.6 Å². The SMILES string of the molecule is CNC(c1c(Br)cnn1C(C)C)C(C)(C)N1CCOCC1. The third kappa shape index (κ3) is 3.33. The van der Waals surface area contributed by atoms with E-state index in [4.69, 9.17) is 4.74 Å². The average molecular weight is 359 g/mol. The van der Waals surface area contributed by atoms with Gasteiger partial charge in [0.2, 0.25) is 0 Å². The Labute approximate surface area is 136 Å². The number of aromatic nitrogens is 2. The summed E-state index contributed by atoms with van der Waals surface area (Å²) < 4.78 is 8.67. The highest BCUT2D eigenvalue weighted by molar-refractivity contribution is 9.10. The first-order valence-corrected chi connectivity index (χ1v) is 8.41. The van der Waals surface area contributed by atoms with E-state index >= 15 is 0 Å². The van der Waals surface area contributed by atoms with Crippen molar-refractivity contribution in [2.45, 2.75) is 45.3 Å². The number of likely N-dealkylation sites (N-methyl/N-ethyl adjacent to an activating group) is 1. The summed E-state index contributed by atoms with van der Waals surface area (Å²) in [6.07, 6.45) is 1.90. The lowest BCUT2D eigenvalue weighted by atomic mass is 9.89. The van der Waals surface area contributed by atoms with Crippen LogP contribution in [0.4, 0.5) is 0 Å². The van der Waals surface area contributed by atoms with Crippen LogP contribution in [0.5, 0.6) is 0 Å². The molecular formula is C15H27BrN4O. The number of nitrogens with one attached hydrogen (secondary N) is 1. The molecule has 1 aromatic rings. The third-order valence-electron chi connectivity index (χ3n) is 4.37. The smallest absolute Gasteiger partial charge is 0.0717 e. The monoisotopic (exact) mass is 358 g/mol. The lowest BCUT2D eigenvalue weighted by molar-refractivity contribution is -0.0241. The Morgan fingerprint density at radius 2 is 1.95 bits per heavy atom. The minimum absolute atomic E-state index is 0.0201. The van der Waals surface area contributed by atoms with Crippen molar-refractivity contribution in [3.8, 4) is 0 Å². The van der Waals surface area contributed by atoms with E-state index in [1.165, 1.54) is 5.69 Å². The molecule has 120 valence electrons. The van der Waals surface area contributed by atoms with Crippen LogP contribution in [0.15, 0.2) is 10.7 Å². The molecule has 1 N–H and O–H groups in total. The molecule has 0 radical (unpaired) electrons. The Hall–Kier alpha value is -0.430. The molecule has 1 aromatic heterocycles. The van der Waals surface area contributed by atoms with Gasteiger partial charge in [-0.1, -0.05) is 0 Å². The molecule has 1 aliphatic heterocycles. The Morgan fingerprint density at radius 3 is 2.48 bits per heavy atom. The molecule has 0 aliphatic carbocycles. The Morgan fingerprint density at radius 1 is 1.33 bits per heavy atom. The summed E-state index contributed by atoms with van der Waals surface area (Å²) in [7, 11) is 2.02. The number of nitrogens with zero attached hydrogens (tertiary/aromatic N) is 3. The summed E-state index contributed by atoms with van der Waals surface area (Å²) in [6, 6.07) is 0.525. The minimum Gasteiger partial charge on any atom is -0.379 e.